The van der Waals surface area contributed by atoms with E-state index in [9.17, 15) is 19.2 Å². The molecule has 14 heteroatoms. The number of aromatic amines is 2. The SMILES string of the molecule is C=C(C)C(NC(=O)OC)C(=O)N1CCCC1c1ncc(-c2ccc(-c3ccc4nc(C5CCCN5C(=O)C(NC(=O)OC)C(C)C)[nH]c4c3)cc2)[nH]1. The molecule has 52 heavy (non-hydrogen) atoms. The molecule has 2 fully saturated rings. The number of ether oxygens (including phenoxy) is 2. The summed E-state index contributed by atoms with van der Waals surface area (Å²) in [5, 5.41) is 5.28. The number of nitrogens with one attached hydrogen (secondary N) is 4. The molecule has 0 bridgehead atoms. The van der Waals surface area contributed by atoms with Gasteiger partial charge in [-0.25, -0.2) is 19.6 Å². The highest BCUT2D eigenvalue weighted by Crippen LogP contribution is 2.35. The van der Waals surface area contributed by atoms with E-state index in [0.29, 0.717) is 24.5 Å². The first-order valence-corrected chi connectivity index (χ1v) is 17.6. The molecular formula is C38H46N8O6. The van der Waals surface area contributed by atoms with Crippen LogP contribution in [0.15, 0.2) is 60.8 Å². The van der Waals surface area contributed by atoms with Crippen molar-refractivity contribution < 1.29 is 28.7 Å². The van der Waals surface area contributed by atoms with Gasteiger partial charge in [-0.1, -0.05) is 50.8 Å². The number of rotatable bonds is 10. The van der Waals surface area contributed by atoms with Crippen LogP contribution in [0.2, 0.25) is 0 Å². The van der Waals surface area contributed by atoms with Crippen molar-refractivity contribution in [2.24, 2.45) is 5.92 Å². The molecule has 0 radical (unpaired) electrons. The van der Waals surface area contributed by atoms with Crippen molar-refractivity contribution in [1.82, 2.24) is 40.4 Å². The van der Waals surface area contributed by atoms with Crippen molar-refractivity contribution in [3.05, 3.63) is 72.5 Å². The van der Waals surface area contributed by atoms with Gasteiger partial charge >= 0.3 is 12.2 Å². The van der Waals surface area contributed by atoms with Crippen molar-refractivity contribution >= 4 is 35.0 Å². The number of nitrogens with zero attached hydrogens (tertiary/aromatic N) is 4. The summed E-state index contributed by atoms with van der Waals surface area (Å²) in [6.45, 7) is 10.5. The molecule has 4 atom stereocenters. The molecule has 4 unspecified atom stereocenters. The first-order chi connectivity index (χ1) is 25.0. The van der Waals surface area contributed by atoms with E-state index in [1.807, 2.05) is 55.1 Å². The maximum absolute atomic E-state index is 13.6. The molecule has 274 valence electrons. The fourth-order valence-electron chi connectivity index (χ4n) is 7.11. The Balaban J connectivity index is 1.16. The fraction of sp³-hybridized carbons (Fsp3) is 0.421. The summed E-state index contributed by atoms with van der Waals surface area (Å²) < 4.78 is 9.46. The van der Waals surface area contributed by atoms with E-state index in [1.54, 1.807) is 18.0 Å². The lowest BCUT2D eigenvalue weighted by atomic mass is 10.0. The van der Waals surface area contributed by atoms with Gasteiger partial charge in [-0.3, -0.25) is 9.59 Å². The smallest absolute Gasteiger partial charge is 0.407 e. The summed E-state index contributed by atoms with van der Waals surface area (Å²) >= 11 is 0. The number of aromatic nitrogens is 4. The van der Waals surface area contributed by atoms with E-state index in [2.05, 4.69) is 38.2 Å². The van der Waals surface area contributed by atoms with Gasteiger partial charge in [-0.05, 0) is 72.9 Å². The third-order valence-corrected chi connectivity index (χ3v) is 9.91. The Labute approximate surface area is 302 Å². The Bertz CT molecular complexity index is 1970. The van der Waals surface area contributed by atoms with Gasteiger partial charge in [0.05, 0.1) is 49.2 Å². The molecule has 14 nitrogen and oxygen atoms in total. The van der Waals surface area contributed by atoms with Crippen LogP contribution in [0, 0.1) is 5.92 Å². The highest BCUT2D eigenvalue weighted by molar-refractivity contribution is 5.89. The number of amides is 4. The van der Waals surface area contributed by atoms with Crippen LogP contribution in [-0.2, 0) is 19.1 Å². The van der Waals surface area contributed by atoms with E-state index in [0.717, 1.165) is 64.9 Å². The second-order valence-corrected chi connectivity index (χ2v) is 13.8. The number of carbonyl (C=O) groups excluding carboxylic acids is 4. The highest BCUT2D eigenvalue weighted by atomic mass is 16.5. The number of alkyl carbamates (subject to hydrolysis) is 2. The van der Waals surface area contributed by atoms with Gasteiger partial charge in [0.15, 0.2) is 0 Å². The third kappa shape index (κ3) is 7.37. The molecule has 4 heterocycles. The van der Waals surface area contributed by atoms with Crippen LogP contribution in [-0.4, -0.2) is 93.1 Å². The number of hydrogen-bond acceptors (Lipinski definition) is 8. The monoisotopic (exact) mass is 710 g/mol. The zero-order valence-electron chi connectivity index (χ0n) is 30.2. The predicted octanol–water partition coefficient (Wildman–Crippen LogP) is 5.63. The Hall–Kier alpha value is -5.66. The van der Waals surface area contributed by atoms with Crippen LogP contribution in [0.1, 0.15) is 70.2 Å². The summed E-state index contributed by atoms with van der Waals surface area (Å²) in [6, 6.07) is 12.2. The number of carbonyl (C=O) groups is 4. The molecule has 6 rings (SSSR count). The molecule has 4 aromatic rings. The number of fused-ring (bicyclic) bond motifs is 1. The van der Waals surface area contributed by atoms with Gasteiger partial charge in [0.2, 0.25) is 11.8 Å². The van der Waals surface area contributed by atoms with E-state index in [4.69, 9.17) is 14.5 Å². The first-order valence-electron chi connectivity index (χ1n) is 17.6. The molecule has 0 aliphatic carbocycles. The lowest BCUT2D eigenvalue weighted by Gasteiger charge is -2.29. The minimum atomic E-state index is -0.886. The minimum Gasteiger partial charge on any atom is -0.453 e. The summed E-state index contributed by atoms with van der Waals surface area (Å²) in [7, 11) is 2.54. The zero-order valence-corrected chi connectivity index (χ0v) is 30.2. The molecule has 0 spiro atoms. The van der Waals surface area contributed by atoms with Crippen LogP contribution in [0.4, 0.5) is 9.59 Å². The van der Waals surface area contributed by atoms with Crippen LogP contribution >= 0.6 is 0 Å². The number of likely N-dealkylation sites (tertiary alicyclic amines) is 2. The minimum absolute atomic E-state index is 0.112. The lowest BCUT2D eigenvalue weighted by Crippen LogP contribution is -2.51. The van der Waals surface area contributed by atoms with Crippen LogP contribution < -0.4 is 10.6 Å². The maximum Gasteiger partial charge on any atom is 0.407 e. The lowest BCUT2D eigenvalue weighted by molar-refractivity contribution is -0.135. The molecular weight excluding hydrogens is 664 g/mol. The largest absolute Gasteiger partial charge is 0.453 e. The number of imidazole rings is 2. The molecule has 2 aliphatic heterocycles. The van der Waals surface area contributed by atoms with Gasteiger partial charge in [0, 0.05) is 13.1 Å². The normalized spacial score (nSPS) is 18.3. The number of H-pyrrole nitrogens is 2. The second-order valence-electron chi connectivity index (χ2n) is 13.8. The summed E-state index contributed by atoms with van der Waals surface area (Å²) in [5.41, 5.74) is 6.00. The van der Waals surface area contributed by atoms with Crippen molar-refractivity contribution in [1.29, 1.82) is 0 Å². The topological polar surface area (TPSA) is 175 Å². The van der Waals surface area contributed by atoms with Gasteiger partial charge < -0.3 is 39.9 Å². The predicted molar refractivity (Wildman–Crippen MR) is 195 cm³/mol. The summed E-state index contributed by atoms with van der Waals surface area (Å²) in [5.74, 6) is 0.907. The van der Waals surface area contributed by atoms with Crippen molar-refractivity contribution in [3.8, 4) is 22.4 Å². The Morgan fingerprint density at radius 3 is 2.06 bits per heavy atom. The van der Waals surface area contributed by atoms with Gasteiger partial charge in [-0.15, -0.1) is 0 Å². The quantitative estimate of drug-likeness (QED) is 0.153. The molecule has 2 aliphatic rings. The van der Waals surface area contributed by atoms with E-state index in [-0.39, 0.29) is 29.8 Å². The summed E-state index contributed by atoms with van der Waals surface area (Å²) in [6.07, 6.45) is 3.63. The molecule has 4 amide bonds. The Morgan fingerprint density at radius 1 is 0.827 bits per heavy atom. The zero-order chi connectivity index (χ0) is 37.1. The van der Waals surface area contributed by atoms with Crippen molar-refractivity contribution in [2.45, 2.75) is 70.6 Å². The Kier molecular flexibility index (Phi) is 10.6. The number of methoxy groups -OCH3 is 2. The average Bonchev–Trinajstić information content (AvgIpc) is 3.97. The Morgan fingerprint density at radius 2 is 1.42 bits per heavy atom. The van der Waals surface area contributed by atoms with Crippen LogP contribution in [0.25, 0.3) is 33.4 Å². The van der Waals surface area contributed by atoms with E-state index in [1.165, 1.54) is 14.2 Å². The van der Waals surface area contributed by atoms with Gasteiger partial charge in [-0.2, -0.15) is 0 Å². The van der Waals surface area contributed by atoms with Crippen molar-refractivity contribution in [3.63, 3.8) is 0 Å². The highest BCUT2D eigenvalue weighted by Gasteiger charge is 2.38. The van der Waals surface area contributed by atoms with Crippen molar-refractivity contribution in [2.75, 3.05) is 27.3 Å². The van der Waals surface area contributed by atoms with Crippen LogP contribution in [0.3, 0.4) is 0 Å². The molecule has 4 N–H and O–H groups in total. The summed E-state index contributed by atoms with van der Waals surface area (Å²) in [4.78, 5) is 70.8. The number of benzene rings is 2. The third-order valence-electron chi connectivity index (χ3n) is 9.91. The standard InChI is InChI=1S/C38H46N8O6/c1-21(2)31(43-37(49)51-5)35(47)45-17-7-9-29(45)33-39-20-28(42-33)24-13-11-23(12-14-24)25-15-16-26-27(19-25)41-34(40-26)30-10-8-18-46(30)36(48)32(22(3)4)44-38(50)52-6/h11-16,19-20,22,29-32H,1,7-10,17-18H2,2-6H3,(H,39,42)(H,40,41)(H,43,49)(H,44,50). The average molecular weight is 711 g/mol. The number of hydrogen-bond donors (Lipinski definition) is 4. The molecule has 2 aromatic carbocycles. The molecule has 2 saturated heterocycles. The first kappa shape index (κ1) is 36.1. The fourth-order valence-corrected chi connectivity index (χ4v) is 7.11. The van der Waals surface area contributed by atoms with E-state index >= 15 is 0 Å². The molecule has 2 aromatic heterocycles. The van der Waals surface area contributed by atoms with E-state index < -0.39 is 24.3 Å². The van der Waals surface area contributed by atoms with Crippen LogP contribution in [0.5, 0.6) is 0 Å². The van der Waals surface area contributed by atoms with Gasteiger partial charge in [0.25, 0.3) is 0 Å². The second kappa shape index (κ2) is 15.3. The van der Waals surface area contributed by atoms with Gasteiger partial charge in [0.1, 0.15) is 23.7 Å². The molecule has 0 saturated carbocycles. The maximum atomic E-state index is 13.6.